The van der Waals surface area contributed by atoms with Crippen molar-refractivity contribution >= 4 is 0 Å². The first-order chi connectivity index (χ1) is 8.75. The van der Waals surface area contributed by atoms with Gasteiger partial charge < -0.3 is 10.5 Å². The van der Waals surface area contributed by atoms with Crippen molar-refractivity contribution in [3.8, 4) is 0 Å². The van der Waals surface area contributed by atoms with Gasteiger partial charge in [-0.25, -0.2) is 0 Å². The first-order valence-electron chi connectivity index (χ1n) is 8.21. The van der Waals surface area contributed by atoms with Crippen molar-refractivity contribution in [1.29, 1.82) is 0 Å². The van der Waals surface area contributed by atoms with Crippen molar-refractivity contribution in [3.63, 3.8) is 0 Å². The molecule has 0 aromatic rings. The van der Waals surface area contributed by atoms with Crippen LogP contribution in [0.1, 0.15) is 73.1 Å². The monoisotopic (exact) mass is 267 g/mol. The Bertz CT molecular complexity index is 302. The van der Waals surface area contributed by atoms with Crippen LogP contribution in [0.5, 0.6) is 0 Å². The molecule has 2 fully saturated rings. The van der Waals surface area contributed by atoms with E-state index in [1.54, 1.807) is 0 Å². The maximum Gasteiger partial charge on any atom is 0.0677 e. The summed E-state index contributed by atoms with van der Waals surface area (Å²) in [5.41, 5.74) is 6.58. The molecule has 1 saturated carbocycles. The van der Waals surface area contributed by atoms with E-state index in [4.69, 9.17) is 10.5 Å². The Balaban J connectivity index is 1.98. The molecular weight excluding hydrogens is 234 g/mol. The fourth-order valence-electron chi connectivity index (χ4n) is 4.51. The molecule has 2 heteroatoms. The van der Waals surface area contributed by atoms with Crippen molar-refractivity contribution in [2.75, 3.05) is 0 Å². The van der Waals surface area contributed by atoms with Gasteiger partial charge in [-0.1, -0.05) is 26.2 Å². The predicted molar refractivity (Wildman–Crippen MR) is 81.1 cm³/mol. The molecule has 19 heavy (non-hydrogen) atoms. The standard InChI is InChI=1S/C17H33NO/c1-6-12-7-9-13(10-8-12)15(18)14-11-16(2,3)19-17(14,4)5/h12-15H,6-11,18H2,1-5H3. The molecule has 1 aliphatic carbocycles. The molecule has 0 aromatic heterocycles. The molecule has 2 atom stereocenters. The van der Waals surface area contributed by atoms with Gasteiger partial charge in [-0.2, -0.15) is 0 Å². The molecule has 0 bridgehead atoms. The van der Waals surface area contributed by atoms with Crippen molar-refractivity contribution in [2.45, 2.75) is 90.4 Å². The Morgan fingerprint density at radius 2 is 1.68 bits per heavy atom. The minimum Gasteiger partial charge on any atom is -0.369 e. The average Bonchev–Trinajstić information content (AvgIpc) is 2.56. The summed E-state index contributed by atoms with van der Waals surface area (Å²) in [7, 11) is 0. The Morgan fingerprint density at radius 3 is 2.11 bits per heavy atom. The van der Waals surface area contributed by atoms with E-state index in [0.29, 0.717) is 17.9 Å². The quantitative estimate of drug-likeness (QED) is 0.834. The van der Waals surface area contributed by atoms with Crippen LogP contribution in [0.3, 0.4) is 0 Å². The third-order valence-electron chi connectivity index (χ3n) is 5.62. The molecule has 0 amide bonds. The summed E-state index contributed by atoms with van der Waals surface area (Å²) in [6.07, 6.45) is 7.86. The molecule has 112 valence electrons. The highest BCUT2D eigenvalue weighted by atomic mass is 16.5. The van der Waals surface area contributed by atoms with E-state index in [-0.39, 0.29) is 11.2 Å². The number of nitrogens with two attached hydrogens (primary N) is 1. The average molecular weight is 267 g/mol. The summed E-state index contributed by atoms with van der Waals surface area (Å²) in [6, 6.07) is 0.314. The van der Waals surface area contributed by atoms with E-state index >= 15 is 0 Å². The van der Waals surface area contributed by atoms with E-state index in [1.807, 2.05) is 0 Å². The summed E-state index contributed by atoms with van der Waals surface area (Å²) in [5, 5.41) is 0. The van der Waals surface area contributed by atoms with Crippen LogP contribution in [0.25, 0.3) is 0 Å². The van der Waals surface area contributed by atoms with E-state index in [1.165, 1.54) is 32.1 Å². The molecule has 2 rings (SSSR count). The Labute approximate surface area is 119 Å². The smallest absolute Gasteiger partial charge is 0.0677 e. The van der Waals surface area contributed by atoms with Crippen LogP contribution < -0.4 is 5.73 Å². The first kappa shape index (κ1) is 15.3. The summed E-state index contributed by atoms with van der Waals surface area (Å²) in [5.74, 6) is 2.17. The number of rotatable bonds is 3. The van der Waals surface area contributed by atoms with E-state index in [9.17, 15) is 0 Å². The molecule has 0 spiro atoms. The summed E-state index contributed by atoms with van der Waals surface area (Å²) < 4.78 is 6.22. The van der Waals surface area contributed by atoms with Crippen molar-refractivity contribution in [3.05, 3.63) is 0 Å². The van der Waals surface area contributed by atoms with Gasteiger partial charge in [0, 0.05) is 12.0 Å². The summed E-state index contributed by atoms with van der Waals surface area (Å²) in [6.45, 7) is 11.2. The van der Waals surface area contributed by atoms with Crippen molar-refractivity contribution in [1.82, 2.24) is 0 Å². The second-order valence-corrected chi connectivity index (χ2v) is 8.04. The van der Waals surface area contributed by atoms with Crippen LogP contribution in [-0.2, 0) is 4.74 Å². The molecular formula is C17H33NO. The van der Waals surface area contributed by atoms with Crippen LogP contribution >= 0.6 is 0 Å². The lowest BCUT2D eigenvalue weighted by Crippen LogP contribution is -2.46. The molecule has 0 aromatic carbocycles. The Hall–Kier alpha value is -0.0800. The Kier molecular flexibility index (Phi) is 4.32. The maximum atomic E-state index is 6.66. The highest BCUT2D eigenvalue weighted by Gasteiger charge is 2.49. The minimum atomic E-state index is -0.0650. The van der Waals surface area contributed by atoms with E-state index in [2.05, 4.69) is 34.6 Å². The second kappa shape index (κ2) is 5.37. The van der Waals surface area contributed by atoms with Crippen LogP contribution in [-0.4, -0.2) is 17.2 Å². The van der Waals surface area contributed by atoms with Gasteiger partial charge in [0.1, 0.15) is 0 Å². The van der Waals surface area contributed by atoms with Gasteiger partial charge in [0.15, 0.2) is 0 Å². The lowest BCUT2D eigenvalue weighted by Gasteiger charge is -2.38. The topological polar surface area (TPSA) is 35.2 Å². The highest BCUT2D eigenvalue weighted by molar-refractivity contribution is 5.00. The zero-order valence-corrected chi connectivity index (χ0v) is 13.5. The van der Waals surface area contributed by atoms with Gasteiger partial charge in [-0.05, 0) is 58.8 Å². The fourth-order valence-corrected chi connectivity index (χ4v) is 4.51. The molecule has 2 aliphatic rings. The van der Waals surface area contributed by atoms with Gasteiger partial charge in [0.25, 0.3) is 0 Å². The Morgan fingerprint density at radius 1 is 1.11 bits per heavy atom. The van der Waals surface area contributed by atoms with Gasteiger partial charge in [0.2, 0.25) is 0 Å². The lowest BCUT2D eigenvalue weighted by molar-refractivity contribution is -0.0788. The van der Waals surface area contributed by atoms with Gasteiger partial charge in [-0.15, -0.1) is 0 Å². The SMILES string of the molecule is CCC1CCC(C(N)C2CC(C)(C)OC2(C)C)CC1. The van der Waals surface area contributed by atoms with Crippen LogP contribution in [0.4, 0.5) is 0 Å². The number of ether oxygens (including phenoxy) is 1. The lowest BCUT2D eigenvalue weighted by atomic mass is 9.70. The molecule has 1 heterocycles. The third kappa shape index (κ3) is 3.33. The largest absolute Gasteiger partial charge is 0.369 e. The van der Waals surface area contributed by atoms with E-state index < -0.39 is 0 Å². The zero-order chi connectivity index (χ0) is 14.3. The number of hydrogen-bond acceptors (Lipinski definition) is 2. The zero-order valence-electron chi connectivity index (χ0n) is 13.5. The predicted octanol–water partition coefficient (Wildman–Crippen LogP) is 4.12. The summed E-state index contributed by atoms with van der Waals surface area (Å²) >= 11 is 0. The summed E-state index contributed by atoms with van der Waals surface area (Å²) in [4.78, 5) is 0. The van der Waals surface area contributed by atoms with Crippen molar-refractivity contribution in [2.24, 2.45) is 23.5 Å². The normalized spacial score (nSPS) is 39.2. The molecule has 2 unspecified atom stereocenters. The molecule has 2 N–H and O–H groups in total. The molecule has 2 nitrogen and oxygen atoms in total. The van der Waals surface area contributed by atoms with Gasteiger partial charge in [0.05, 0.1) is 11.2 Å². The van der Waals surface area contributed by atoms with Gasteiger partial charge in [-0.3, -0.25) is 0 Å². The van der Waals surface area contributed by atoms with Crippen LogP contribution in [0.2, 0.25) is 0 Å². The van der Waals surface area contributed by atoms with E-state index in [0.717, 1.165) is 12.3 Å². The second-order valence-electron chi connectivity index (χ2n) is 8.04. The van der Waals surface area contributed by atoms with Gasteiger partial charge >= 0.3 is 0 Å². The first-order valence-corrected chi connectivity index (χ1v) is 8.21. The van der Waals surface area contributed by atoms with Crippen LogP contribution in [0.15, 0.2) is 0 Å². The molecule has 1 saturated heterocycles. The number of hydrogen-bond donors (Lipinski definition) is 1. The minimum absolute atomic E-state index is 0.00753. The maximum absolute atomic E-state index is 6.66. The molecule has 0 radical (unpaired) electrons. The fraction of sp³-hybridized carbons (Fsp3) is 1.00. The van der Waals surface area contributed by atoms with Crippen molar-refractivity contribution < 1.29 is 4.74 Å². The molecule has 1 aliphatic heterocycles. The highest BCUT2D eigenvalue weighted by Crippen LogP contribution is 2.46. The van der Waals surface area contributed by atoms with Crippen LogP contribution in [0, 0.1) is 17.8 Å². The third-order valence-corrected chi connectivity index (χ3v) is 5.62.